The average molecular weight is 474 g/mol. The standard InChI is InChI=1S/C23H27N3O4S2/c1-17-5-10-20-21(16-17)31-23(24-20)26-13-11-25(12-14-26)22(27)4-3-15-32(28,29)19-8-6-18(30-2)7-9-19/h5-10,16H,3-4,11-15H2,1-2H3. The molecule has 4 rings (SSSR count). The van der Waals surface area contributed by atoms with E-state index in [-0.39, 0.29) is 23.0 Å². The van der Waals surface area contributed by atoms with Gasteiger partial charge in [0.1, 0.15) is 5.75 Å². The van der Waals surface area contributed by atoms with E-state index in [0.717, 1.165) is 23.7 Å². The van der Waals surface area contributed by atoms with Crippen molar-refractivity contribution in [3.63, 3.8) is 0 Å². The Balaban J connectivity index is 1.26. The normalized spacial score (nSPS) is 14.7. The van der Waals surface area contributed by atoms with Crippen molar-refractivity contribution in [2.45, 2.75) is 24.7 Å². The van der Waals surface area contributed by atoms with Gasteiger partial charge in [0.2, 0.25) is 5.91 Å². The second kappa shape index (κ2) is 9.46. The van der Waals surface area contributed by atoms with Crippen LogP contribution >= 0.6 is 11.3 Å². The number of nitrogens with zero attached hydrogens (tertiary/aromatic N) is 3. The van der Waals surface area contributed by atoms with Crippen molar-refractivity contribution in [1.29, 1.82) is 0 Å². The predicted octanol–water partition coefficient (Wildman–Crippen LogP) is 3.52. The number of aromatic nitrogens is 1. The highest BCUT2D eigenvalue weighted by molar-refractivity contribution is 7.91. The zero-order valence-corrected chi connectivity index (χ0v) is 19.9. The molecule has 1 fully saturated rings. The smallest absolute Gasteiger partial charge is 0.222 e. The molecule has 1 aliphatic rings. The number of thiazole rings is 1. The summed E-state index contributed by atoms with van der Waals surface area (Å²) in [5, 5.41) is 0.989. The zero-order valence-electron chi connectivity index (χ0n) is 18.3. The molecule has 0 N–H and O–H groups in total. The van der Waals surface area contributed by atoms with Crippen molar-refractivity contribution in [3.05, 3.63) is 48.0 Å². The maximum absolute atomic E-state index is 12.6. The number of sulfone groups is 1. The molecule has 32 heavy (non-hydrogen) atoms. The Morgan fingerprint density at radius 1 is 1.09 bits per heavy atom. The largest absolute Gasteiger partial charge is 0.497 e. The van der Waals surface area contributed by atoms with Gasteiger partial charge in [-0.15, -0.1) is 0 Å². The minimum absolute atomic E-state index is 0.00880. The molecule has 1 aromatic heterocycles. The van der Waals surface area contributed by atoms with E-state index in [1.54, 1.807) is 35.6 Å². The van der Waals surface area contributed by atoms with Gasteiger partial charge in [0, 0.05) is 32.6 Å². The van der Waals surface area contributed by atoms with Crippen LogP contribution in [-0.2, 0) is 14.6 Å². The summed E-state index contributed by atoms with van der Waals surface area (Å²) in [6.07, 6.45) is 0.542. The number of hydrogen-bond donors (Lipinski definition) is 0. The molecule has 3 aromatic rings. The quantitative estimate of drug-likeness (QED) is 0.522. The Bertz CT molecular complexity index is 1200. The number of aryl methyl sites for hydroxylation is 1. The maximum Gasteiger partial charge on any atom is 0.222 e. The van der Waals surface area contributed by atoms with Crippen LogP contribution in [0.5, 0.6) is 5.75 Å². The van der Waals surface area contributed by atoms with E-state index in [0.29, 0.717) is 25.3 Å². The molecule has 0 bridgehead atoms. The van der Waals surface area contributed by atoms with Crippen LogP contribution in [0.25, 0.3) is 10.2 Å². The Labute approximate surface area is 192 Å². The molecule has 0 radical (unpaired) electrons. The van der Waals surface area contributed by atoms with Gasteiger partial charge < -0.3 is 14.5 Å². The van der Waals surface area contributed by atoms with Crippen molar-refractivity contribution in [1.82, 2.24) is 9.88 Å². The molecule has 1 amide bonds. The number of carbonyl (C=O) groups excluding carboxylic acids is 1. The zero-order chi connectivity index (χ0) is 22.7. The Morgan fingerprint density at radius 2 is 1.81 bits per heavy atom. The van der Waals surface area contributed by atoms with Crippen LogP contribution in [0.4, 0.5) is 5.13 Å². The fourth-order valence-electron chi connectivity index (χ4n) is 3.77. The van der Waals surface area contributed by atoms with Crippen molar-refractivity contribution in [3.8, 4) is 5.75 Å². The molecule has 0 atom stereocenters. The van der Waals surface area contributed by atoms with E-state index < -0.39 is 9.84 Å². The summed E-state index contributed by atoms with van der Waals surface area (Å²) in [5.74, 6) is 0.574. The Morgan fingerprint density at radius 3 is 2.50 bits per heavy atom. The van der Waals surface area contributed by atoms with E-state index in [1.165, 1.54) is 17.4 Å². The first-order chi connectivity index (χ1) is 15.4. The van der Waals surface area contributed by atoms with Gasteiger partial charge in [-0.25, -0.2) is 13.4 Å². The average Bonchev–Trinajstić information content (AvgIpc) is 3.22. The molecule has 2 heterocycles. The van der Waals surface area contributed by atoms with Crippen molar-refractivity contribution in [2.24, 2.45) is 0 Å². The van der Waals surface area contributed by atoms with E-state index in [9.17, 15) is 13.2 Å². The third kappa shape index (κ3) is 5.05. The van der Waals surface area contributed by atoms with Gasteiger partial charge in [0.15, 0.2) is 15.0 Å². The number of ether oxygens (including phenoxy) is 1. The van der Waals surface area contributed by atoms with Crippen LogP contribution in [0, 0.1) is 6.92 Å². The number of amides is 1. The summed E-state index contributed by atoms with van der Waals surface area (Å²) in [7, 11) is -1.88. The van der Waals surface area contributed by atoms with Crippen LogP contribution in [0.3, 0.4) is 0 Å². The van der Waals surface area contributed by atoms with Gasteiger partial charge >= 0.3 is 0 Å². The summed E-state index contributed by atoms with van der Waals surface area (Å²) in [4.78, 5) is 21.6. The van der Waals surface area contributed by atoms with Gasteiger partial charge in [0.25, 0.3) is 0 Å². The Hall–Kier alpha value is -2.65. The lowest BCUT2D eigenvalue weighted by atomic mass is 10.2. The van der Waals surface area contributed by atoms with Crippen molar-refractivity contribution < 1.29 is 17.9 Å². The van der Waals surface area contributed by atoms with E-state index >= 15 is 0 Å². The third-order valence-electron chi connectivity index (χ3n) is 5.66. The summed E-state index contributed by atoms with van der Waals surface area (Å²) < 4.78 is 31.3. The lowest BCUT2D eigenvalue weighted by molar-refractivity contribution is -0.131. The number of piperazine rings is 1. The first-order valence-electron chi connectivity index (χ1n) is 10.6. The molecular formula is C23H27N3O4S2. The van der Waals surface area contributed by atoms with Crippen molar-refractivity contribution >= 4 is 42.4 Å². The number of rotatable bonds is 7. The fourth-order valence-corrected chi connectivity index (χ4v) is 6.20. The van der Waals surface area contributed by atoms with Crippen LogP contribution in [0.15, 0.2) is 47.4 Å². The molecule has 0 spiro atoms. The lowest BCUT2D eigenvalue weighted by Crippen LogP contribution is -2.48. The molecule has 170 valence electrons. The first-order valence-corrected chi connectivity index (χ1v) is 13.1. The number of methoxy groups -OCH3 is 1. The molecule has 9 heteroatoms. The number of carbonyl (C=O) groups is 1. The number of anilines is 1. The van der Waals surface area contributed by atoms with Gasteiger partial charge in [-0.1, -0.05) is 17.4 Å². The molecule has 0 unspecified atom stereocenters. The highest BCUT2D eigenvalue weighted by Gasteiger charge is 2.23. The fraction of sp³-hybridized carbons (Fsp3) is 0.391. The molecule has 0 aliphatic carbocycles. The summed E-state index contributed by atoms with van der Waals surface area (Å²) in [6, 6.07) is 12.6. The maximum atomic E-state index is 12.6. The monoisotopic (exact) mass is 473 g/mol. The van der Waals surface area contributed by atoms with Gasteiger partial charge in [-0.3, -0.25) is 4.79 Å². The number of benzene rings is 2. The second-order valence-electron chi connectivity index (χ2n) is 7.93. The predicted molar refractivity (Wildman–Crippen MR) is 127 cm³/mol. The minimum atomic E-state index is -3.41. The summed E-state index contributed by atoms with van der Waals surface area (Å²) in [5.41, 5.74) is 2.23. The van der Waals surface area contributed by atoms with Crippen LogP contribution in [0.2, 0.25) is 0 Å². The number of fused-ring (bicyclic) bond motifs is 1. The van der Waals surface area contributed by atoms with Gasteiger partial charge in [-0.2, -0.15) is 0 Å². The lowest BCUT2D eigenvalue weighted by Gasteiger charge is -2.34. The van der Waals surface area contributed by atoms with Crippen LogP contribution in [0.1, 0.15) is 18.4 Å². The molecular weight excluding hydrogens is 446 g/mol. The molecule has 1 saturated heterocycles. The van der Waals surface area contributed by atoms with Gasteiger partial charge in [0.05, 0.1) is 28.0 Å². The first kappa shape index (κ1) is 22.5. The molecule has 0 saturated carbocycles. The number of hydrogen-bond acceptors (Lipinski definition) is 7. The summed E-state index contributed by atoms with van der Waals surface area (Å²) >= 11 is 1.68. The SMILES string of the molecule is COc1ccc(S(=O)(=O)CCCC(=O)N2CCN(c3nc4ccc(C)cc4s3)CC2)cc1. The Kier molecular flexibility index (Phi) is 6.66. The topological polar surface area (TPSA) is 79.8 Å². The second-order valence-corrected chi connectivity index (χ2v) is 11.1. The molecule has 1 aliphatic heterocycles. The van der Waals surface area contributed by atoms with Crippen molar-refractivity contribution in [2.75, 3.05) is 43.9 Å². The third-order valence-corrected chi connectivity index (χ3v) is 8.55. The van der Waals surface area contributed by atoms with E-state index in [2.05, 4.69) is 24.0 Å². The minimum Gasteiger partial charge on any atom is -0.497 e. The van der Waals surface area contributed by atoms with E-state index in [4.69, 9.17) is 9.72 Å². The van der Waals surface area contributed by atoms with Gasteiger partial charge in [-0.05, 0) is 55.3 Å². The van der Waals surface area contributed by atoms with E-state index in [1.807, 2.05) is 11.0 Å². The molecule has 2 aromatic carbocycles. The highest BCUT2D eigenvalue weighted by Crippen LogP contribution is 2.30. The summed E-state index contributed by atoms with van der Waals surface area (Å²) in [6.45, 7) is 4.78. The molecule has 7 nitrogen and oxygen atoms in total. The highest BCUT2D eigenvalue weighted by atomic mass is 32.2. The van der Waals surface area contributed by atoms with Crippen LogP contribution in [-0.4, -0.2) is 63.3 Å². The van der Waals surface area contributed by atoms with Crippen LogP contribution < -0.4 is 9.64 Å².